The molecule has 0 spiro atoms. The minimum Gasteiger partial charge on any atom is -0.365 e. The van der Waals surface area contributed by atoms with Crippen molar-refractivity contribution in [3.8, 4) is 0 Å². The Kier molecular flexibility index (Phi) is 4.09. The summed E-state index contributed by atoms with van der Waals surface area (Å²) in [4.78, 5) is 8.29. The van der Waals surface area contributed by atoms with Crippen LogP contribution in [-0.4, -0.2) is 9.97 Å². The quantitative estimate of drug-likeness (QED) is 0.552. The van der Waals surface area contributed by atoms with Gasteiger partial charge in [-0.2, -0.15) is 0 Å². The highest BCUT2D eigenvalue weighted by Crippen LogP contribution is 2.12. The Hall–Kier alpha value is -2.14. The minimum atomic E-state index is 0.545. The van der Waals surface area contributed by atoms with Gasteiger partial charge in [0.05, 0.1) is 12.4 Å². The molecule has 0 radical (unpaired) electrons. The van der Waals surface area contributed by atoms with Crippen molar-refractivity contribution < 1.29 is 0 Å². The van der Waals surface area contributed by atoms with Gasteiger partial charge in [0.25, 0.3) is 0 Å². The average molecular weight is 243 g/mol. The Labute approximate surface area is 106 Å². The van der Waals surface area contributed by atoms with Crippen LogP contribution in [0.15, 0.2) is 36.7 Å². The molecule has 2 aromatic rings. The summed E-state index contributed by atoms with van der Waals surface area (Å²) in [5, 5.41) is 3.24. The van der Waals surface area contributed by atoms with E-state index in [-0.39, 0.29) is 0 Å². The van der Waals surface area contributed by atoms with Crippen molar-refractivity contribution in [1.82, 2.24) is 9.97 Å². The zero-order valence-electron chi connectivity index (χ0n) is 10.4. The summed E-state index contributed by atoms with van der Waals surface area (Å²) in [5.41, 5.74) is 5.08. The average Bonchev–Trinajstić information content (AvgIpc) is 2.45. The first-order valence-corrected chi connectivity index (χ1v) is 5.92. The van der Waals surface area contributed by atoms with Crippen LogP contribution in [0.4, 0.5) is 11.6 Å². The molecule has 0 aliphatic rings. The van der Waals surface area contributed by atoms with Crippen molar-refractivity contribution in [3.05, 3.63) is 47.8 Å². The van der Waals surface area contributed by atoms with E-state index >= 15 is 0 Å². The topological polar surface area (TPSA) is 75.9 Å². The van der Waals surface area contributed by atoms with Gasteiger partial charge in [-0.05, 0) is 17.5 Å². The normalized spacial score (nSPS) is 10.1. The molecule has 4 N–H and O–H groups in total. The van der Waals surface area contributed by atoms with Gasteiger partial charge in [0.1, 0.15) is 5.82 Å². The van der Waals surface area contributed by atoms with Gasteiger partial charge in [-0.15, -0.1) is 0 Å². The molecule has 0 saturated carbocycles. The number of nitrogen functional groups attached to an aromatic ring is 1. The molecule has 5 nitrogen and oxygen atoms in total. The van der Waals surface area contributed by atoms with Crippen molar-refractivity contribution in [2.24, 2.45) is 5.84 Å². The van der Waals surface area contributed by atoms with Crippen molar-refractivity contribution >= 4 is 11.6 Å². The van der Waals surface area contributed by atoms with E-state index in [1.54, 1.807) is 12.4 Å². The third-order valence-corrected chi connectivity index (χ3v) is 2.74. The minimum absolute atomic E-state index is 0.545. The summed E-state index contributed by atoms with van der Waals surface area (Å²) in [6.07, 6.45) is 4.27. The number of aromatic nitrogens is 2. The maximum Gasteiger partial charge on any atom is 0.160 e. The fourth-order valence-corrected chi connectivity index (χ4v) is 1.78. The number of nitrogens with one attached hydrogen (secondary N) is 2. The molecule has 1 aromatic carbocycles. The fraction of sp³-hybridized carbons (Fsp3) is 0.231. The van der Waals surface area contributed by atoms with Crippen molar-refractivity contribution in [3.63, 3.8) is 0 Å². The molecule has 1 heterocycles. The molecule has 1 aromatic heterocycles. The highest BCUT2D eigenvalue weighted by molar-refractivity contribution is 5.41. The van der Waals surface area contributed by atoms with Gasteiger partial charge in [-0.3, -0.25) is 4.98 Å². The zero-order valence-corrected chi connectivity index (χ0v) is 10.4. The first-order valence-electron chi connectivity index (χ1n) is 5.92. The Morgan fingerprint density at radius 1 is 1.11 bits per heavy atom. The standard InChI is InChI=1S/C13H17N5/c1-2-10-5-3-4-6-11(10)7-16-12-8-15-9-13(17-12)18-14/h3-6,8-9H,2,7,14H2,1H3,(H2,16,17,18). The van der Waals surface area contributed by atoms with Gasteiger partial charge >= 0.3 is 0 Å². The molecule has 0 saturated heterocycles. The smallest absolute Gasteiger partial charge is 0.160 e. The zero-order chi connectivity index (χ0) is 12.8. The fourth-order valence-electron chi connectivity index (χ4n) is 1.78. The van der Waals surface area contributed by atoms with Crippen LogP contribution in [0.5, 0.6) is 0 Å². The Bertz CT molecular complexity index is 512. The molecule has 5 heteroatoms. The molecule has 0 bridgehead atoms. The number of anilines is 2. The number of rotatable bonds is 5. The number of hydrogen-bond acceptors (Lipinski definition) is 5. The van der Waals surface area contributed by atoms with Crippen LogP contribution in [0, 0.1) is 0 Å². The summed E-state index contributed by atoms with van der Waals surface area (Å²) in [5.74, 6) is 6.54. The summed E-state index contributed by atoms with van der Waals surface area (Å²) in [6.45, 7) is 2.88. The van der Waals surface area contributed by atoms with E-state index < -0.39 is 0 Å². The lowest BCUT2D eigenvalue weighted by Gasteiger charge is -2.10. The second-order valence-corrected chi connectivity index (χ2v) is 3.91. The van der Waals surface area contributed by atoms with Crippen molar-refractivity contribution in [2.45, 2.75) is 19.9 Å². The van der Waals surface area contributed by atoms with E-state index in [0.717, 1.165) is 13.0 Å². The van der Waals surface area contributed by atoms with Crippen LogP contribution in [-0.2, 0) is 13.0 Å². The number of nitrogens with two attached hydrogens (primary N) is 1. The lowest BCUT2D eigenvalue weighted by Crippen LogP contribution is -2.10. The van der Waals surface area contributed by atoms with Gasteiger partial charge in [0, 0.05) is 6.54 Å². The molecule has 0 aliphatic carbocycles. The second kappa shape index (κ2) is 5.97. The van der Waals surface area contributed by atoms with Crippen molar-refractivity contribution in [1.29, 1.82) is 0 Å². The second-order valence-electron chi connectivity index (χ2n) is 3.91. The molecule has 0 aliphatic heterocycles. The largest absolute Gasteiger partial charge is 0.365 e. The molecule has 94 valence electrons. The molecule has 0 fully saturated rings. The number of nitrogens with zero attached hydrogens (tertiary/aromatic N) is 2. The highest BCUT2D eigenvalue weighted by Gasteiger charge is 2.01. The molecular weight excluding hydrogens is 226 g/mol. The van der Waals surface area contributed by atoms with E-state index in [4.69, 9.17) is 5.84 Å². The van der Waals surface area contributed by atoms with E-state index in [9.17, 15) is 0 Å². The van der Waals surface area contributed by atoms with Gasteiger partial charge in [0.2, 0.25) is 0 Å². The number of benzene rings is 1. The van der Waals surface area contributed by atoms with E-state index in [1.807, 2.05) is 6.07 Å². The van der Waals surface area contributed by atoms with E-state index in [1.165, 1.54) is 11.1 Å². The predicted molar refractivity (Wildman–Crippen MR) is 73.0 cm³/mol. The predicted octanol–water partition coefficient (Wildman–Crippen LogP) is 1.94. The molecule has 2 rings (SSSR count). The maximum atomic E-state index is 5.29. The third-order valence-electron chi connectivity index (χ3n) is 2.74. The molecule has 0 unspecified atom stereocenters. The number of hydrogen-bond donors (Lipinski definition) is 3. The van der Waals surface area contributed by atoms with Crippen LogP contribution < -0.4 is 16.6 Å². The Morgan fingerprint density at radius 3 is 2.56 bits per heavy atom. The lowest BCUT2D eigenvalue weighted by atomic mass is 10.1. The van der Waals surface area contributed by atoms with Crippen LogP contribution in [0.2, 0.25) is 0 Å². The van der Waals surface area contributed by atoms with Crippen LogP contribution in [0.1, 0.15) is 18.1 Å². The van der Waals surface area contributed by atoms with Gasteiger partial charge < -0.3 is 10.7 Å². The monoisotopic (exact) mass is 243 g/mol. The Balaban J connectivity index is 2.06. The summed E-state index contributed by atoms with van der Waals surface area (Å²) in [6, 6.07) is 8.35. The van der Waals surface area contributed by atoms with Crippen LogP contribution in [0.25, 0.3) is 0 Å². The Morgan fingerprint density at radius 2 is 1.83 bits per heavy atom. The van der Waals surface area contributed by atoms with Gasteiger partial charge in [-0.25, -0.2) is 10.8 Å². The molecule has 0 atom stereocenters. The first kappa shape index (κ1) is 12.3. The highest BCUT2D eigenvalue weighted by atomic mass is 15.3. The third kappa shape index (κ3) is 2.95. The van der Waals surface area contributed by atoms with Crippen LogP contribution in [0.3, 0.4) is 0 Å². The maximum absolute atomic E-state index is 5.29. The SMILES string of the molecule is CCc1ccccc1CNc1cncc(NN)n1. The first-order chi connectivity index (χ1) is 8.83. The molecular formula is C13H17N5. The lowest BCUT2D eigenvalue weighted by molar-refractivity contribution is 1.02. The number of aryl methyl sites for hydroxylation is 1. The number of hydrazine groups is 1. The van der Waals surface area contributed by atoms with E-state index in [2.05, 4.69) is 45.8 Å². The van der Waals surface area contributed by atoms with Crippen molar-refractivity contribution in [2.75, 3.05) is 10.7 Å². The summed E-state index contributed by atoms with van der Waals surface area (Å²) >= 11 is 0. The van der Waals surface area contributed by atoms with Gasteiger partial charge in [-0.1, -0.05) is 31.2 Å². The van der Waals surface area contributed by atoms with Crippen LogP contribution >= 0.6 is 0 Å². The summed E-state index contributed by atoms with van der Waals surface area (Å²) in [7, 11) is 0. The molecule has 18 heavy (non-hydrogen) atoms. The molecule has 0 amide bonds. The summed E-state index contributed by atoms with van der Waals surface area (Å²) < 4.78 is 0. The van der Waals surface area contributed by atoms with Gasteiger partial charge in [0.15, 0.2) is 5.82 Å². The van der Waals surface area contributed by atoms with E-state index in [0.29, 0.717) is 11.6 Å².